The molecule has 1 aromatic carbocycles. The number of rotatable bonds is 4. The van der Waals surface area contributed by atoms with Crippen LogP contribution in [0.3, 0.4) is 0 Å². The Morgan fingerprint density at radius 2 is 2.00 bits per heavy atom. The van der Waals surface area contributed by atoms with Crippen molar-refractivity contribution in [3.8, 4) is 17.2 Å². The quantitative estimate of drug-likeness (QED) is 0.466. The molecule has 2 aromatic heterocycles. The lowest BCUT2D eigenvalue weighted by Gasteiger charge is -2.35. The molecule has 192 valence electrons. The number of carbonyl (C=O) groups excluding carboxylic acids is 1. The van der Waals surface area contributed by atoms with E-state index in [4.69, 9.17) is 0 Å². The largest absolute Gasteiger partial charge is 0.435 e. The number of amides is 1. The minimum Gasteiger partial charge on any atom is -0.333 e. The molecule has 0 aliphatic carbocycles. The van der Waals surface area contributed by atoms with Crippen molar-refractivity contribution in [2.75, 3.05) is 26.7 Å². The summed E-state index contributed by atoms with van der Waals surface area (Å²) in [6.45, 7) is 4.19. The fourth-order valence-electron chi connectivity index (χ4n) is 5.18. The van der Waals surface area contributed by atoms with Gasteiger partial charge in [0.15, 0.2) is 5.69 Å². The average Bonchev–Trinajstić information content (AvgIpc) is 3.52. The maximum atomic E-state index is 14.0. The van der Waals surface area contributed by atoms with Gasteiger partial charge in [-0.15, -0.1) is 11.3 Å². The van der Waals surface area contributed by atoms with Crippen LogP contribution in [0.1, 0.15) is 45.8 Å². The van der Waals surface area contributed by atoms with E-state index >= 15 is 0 Å². The third-order valence-electron chi connectivity index (χ3n) is 6.95. The Morgan fingerprint density at radius 1 is 1.22 bits per heavy atom. The zero-order valence-corrected chi connectivity index (χ0v) is 21.4. The van der Waals surface area contributed by atoms with E-state index in [-0.39, 0.29) is 17.4 Å². The van der Waals surface area contributed by atoms with E-state index in [1.54, 1.807) is 30.0 Å². The SMILES string of the molecule is CCn1cc(-c2ccccc2[C@@H]2CN(C(=O)C3=CCCN(C)C3)Cc3sc(C#N)cc32)c(C(F)(F)F)n1. The van der Waals surface area contributed by atoms with Crippen LogP contribution in [0, 0.1) is 11.3 Å². The summed E-state index contributed by atoms with van der Waals surface area (Å²) in [7, 11) is 1.97. The van der Waals surface area contributed by atoms with E-state index in [1.165, 1.54) is 22.2 Å². The normalized spacial score (nSPS) is 18.3. The maximum Gasteiger partial charge on any atom is 0.435 e. The smallest absolute Gasteiger partial charge is 0.333 e. The minimum atomic E-state index is -4.61. The van der Waals surface area contributed by atoms with Crippen LogP contribution >= 0.6 is 11.3 Å². The van der Waals surface area contributed by atoms with Crippen molar-refractivity contribution < 1.29 is 18.0 Å². The molecular formula is C27H26F3N5OS. The van der Waals surface area contributed by atoms with Gasteiger partial charge >= 0.3 is 6.18 Å². The van der Waals surface area contributed by atoms with E-state index in [0.717, 1.165) is 29.0 Å². The molecule has 5 rings (SSSR count). The van der Waals surface area contributed by atoms with Gasteiger partial charge in [-0.1, -0.05) is 30.3 Å². The van der Waals surface area contributed by atoms with Gasteiger partial charge in [-0.2, -0.15) is 23.5 Å². The first-order chi connectivity index (χ1) is 17.7. The van der Waals surface area contributed by atoms with Crippen molar-refractivity contribution in [3.05, 3.63) is 74.8 Å². The minimum absolute atomic E-state index is 0.0160. The molecule has 0 spiro atoms. The second-order valence-electron chi connectivity index (χ2n) is 9.43. The summed E-state index contributed by atoms with van der Waals surface area (Å²) in [6, 6.07) is 11.0. The lowest BCUT2D eigenvalue weighted by Crippen LogP contribution is -2.41. The predicted octanol–water partition coefficient (Wildman–Crippen LogP) is 5.26. The summed E-state index contributed by atoms with van der Waals surface area (Å²) in [4.78, 5) is 18.8. The number of thiophene rings is 1. The number of aromatic nitrogens is 2. The Hall–Kier alpha value is -3.42. The fraction of sp³-hybridized carbons (Fsp3) is 0.370. The third kappa shape index (κ3) is 4.81. The summed E-state index contributed by atoms with van der Waals surface area (Å²) in [5, 5.41) is 13.4. The Balaban J connectivity index is 1.61. The Bertz CT molecular complexity index is 1410. The first-order valence-electron chi connectivity index (χ1n) is 12.1. The molecule has 2 aliphatic heterocycles. The van der Waals surface area contributed by atoms with Gasteiger partial charge in [0.1, 0.15) is 10.9 Å². The molecule has 0 bridgehead atoms. The molecule has 3 aromatic rings. The standard InChI is InChI=1S/C27H26F3N5OS/c1-3-35-15-23(25(32-35)27(28,29)30)20-9-5-4-8-19(20)22-14-34(16-24-21(22)11-18(12-31)37-24)26(36)17-7-6-10-33(2)13-17/h4-5,7-9,11,15,22H,3,6,10,13-14,16H2,1-2H3/t22-/m0/s1. The summed E-state index contributed by atoms with van der Waals surface area (Å²) >= 11 is 1.34. The Kier molecular flexibility index (Phi) is 6.68. The number of fused-ring (bicyclic) bond motifs is 1. The monoisotopic (exact) mass is 525 g/mol. The second kappa shape index (κ2) is 9.80. The van der Waals surface area contributed by atoms with Gasteiger partial charge in [0.05, 0.1) is 6.54 Å². The van der Waals surface area contributed by atoms with E-state index in [2.05, 4.69) is 16.1 Å². The Labute approximate surface area is 217 Å². The van der Waals surface area contributed by atoms with E-state index in [9.17, 15) is 23.2 Å². The van der Waals surface area contributed by atoms with Crippen LogP contribution in [0.4, 0.5) is 13.2 Å². The van der Waals surface area contributed by atoms with Crippen LogP contribution in [-0.2, 0) is 24.1 Å². The number of benzene rings is 1. The maximum absolute atomic E-state index is 14.0. The summed E-state index contributed by atoms with van der Waals surface area (Å²) in [6.07, 6.45) is -0.406. The number of nitriles is 1. The summed E-state index contributed by atoms with van der Waals surface area (Å²) < 4.78 is 43.2. The van der Waals surface area contributed by atoms with Crippen molar-refractivity contribution in [1.82, 2.24) is 19.6 Å². The highest BCUT2D eigenvalue weighted by molar-refractivity contribution is 7.12. The zero-order chi connectivity index (χ0) is 26.3. The van der Waals surface area contributed by atoms with Gasteiger partial charge in [0, 0.05) is 54.3 Å². The summed E-state index contributed by atoms with van der Waals surface area (Å²) in [5.41, 5.74) is 1.82. The van der Waals surface area contributed by atoms with Crippen LogP contribution < -0.4 is 0 Å². The molecule has 1 atom stereocenters. The molecule has 6 nitrogen and oxygen atoms in total. The van der Waals surface area contributed by atoms with Crippen LogP contribution in [0.25, 0.3) is 11.1 Å². The van der Waals surface area contributed by atoms with Gasteiger partial charge in [-0.05, 0) is 43.1 Å². The molecule has 10 heteroatoms. The van der Waals surface area contributed by atoms with Gasteiger partial charge in [0.25, 0.3) is 5.91 Å². The zero-order valence-electron chi connectivity index (χ0n) is 20.5. The van der Waals surface area contributed by atoms with Crippen LogP contribution in [0.2, 0.25) is 0 Å². The number of halogens is 3. The van der Waals surface area contributed by atoms with Crippen molar-refractivity contribution >= 4 is 17.2 Å². The van der Waals surface area contributed by atoms with Crippen molar-refractivity contribution in [1.29, 1.82) is 5.26 Å². The van der Waals surface area contributed by atoms with Crippen molar-refractivity contribution in [2.45, 2.75) is 38.5 Å². The topological polar surface area (TPSA) is 65.2 Å². The van der Waals surface area contributed by atoms with Crippen LogP contribution in [0.5, 0.6) is 0 Å². The van der Waals surface area contributed by atoms with Crippen molar-refractivity contribution in [3.63, 3.8) is 0 Å². The van der Waals surface area contributed by atoms with Gasteiger partial charge in [-0.25, -0.2) is 0 Å². The van der Waals surface area contributed by atoms with Crippen molar-refractivity contribution in [2.24, 2.45) is 0 Å². The molecule has 1 amide bonds. The summed E-state index contributed by atoms with van der Waals surface area (Å²) in [5.74, 6) is -0.448. The average molecular weight is 526 g/mol. The molecule has 2 aliphatic rings. The second-order valence-corrected chi connectivity index (χ2v) is 10.6. The van der Waals surface area contributed by atoms with Crippen LogP contribution in [0.15, 0.2) is 48.2 Å². The van der Waals surface area contributed by atoms with E-state index < -0.39 is 11.9 Å². The molecule has 0 unspecified atom stereocenters. The number of likely N-dealkylation sites (N-methyl/N-ethyl adjacent to an activating group) is 1. The highest BCUT2D eigenvalue weighted by Crippen LogP contribution is 2.44. The number of hydrogen-bond acceptors (Lipinski definition) is 5. The Morgan fingerprint density at radius 3 is 2.70 bits per heavy atom. The van der Waals surface area contributed by atoms with Gasteiger partial charge in [0.2, 0.25) is 0 Å². The first kappa shape index (κ1) is 25.2. The molecule has 0 radical (unpaired) electrons. The molecule has 0 saturated heterocycles. The molecular weight excluding hydrogens is 499 g/mol. The molecule has 0 fully saturated rings. The number of nitrogens with zero attached hydrogens (tertiary/aromatic N) is 5. The molecule has 37 heavy (non-hydrogen) atoms. The first-order valence-corrected chi connectivity index (χ1v) is 12.9. The van der Waals surface area contributed by atoms with E-state index in [0.29, 0.717) is 42.2 Å². The fourth-order valence-corrected chi connectivity index (χ4v) is 6.22. The highest BCUT2D eigenvalue weighted by atomic mass is 32.1. The van der Waals surface area contributed by atoms with Crippen LogP contribution in [-0.4, -0.2) is 52.2 Å². The van der Waals surface area contributed by atoms with Gasteiger partial charge < -0.3 is 9.80 Å². The highest BCUT2D eigenvalue weighted by Gasteiger charge is 2.39. The number of aryl methyl sites for hydroxylation is 1. The predicted molar refractivity (Wildman–Crippen MR) is 135 cm³/mol. The number of carbonyl (C=O) groups is 1. The molecule has 0 N–H and O–H groups in total. The lowest BCUT2D eigenvalue weighted by atomic mass is 9.83. The third-order valence-corrected chi connectivity index (χ3v) is 7.99. The molecule has 0 saturated carbocycles. The van der Waals surface area contributed by atoms with E-state index in [1.807, 2.05) is 25.3 Å². The molecule has 4 heterocycles. The number of hydrogen-bond donors (Lipinski definition) is 0. The van der Waals surface area contributed by atoms with Gasteiger partial charge in [-0.3, -0.25) is 9.48 Å². The number of alkyl halides is 3. The lowest BCUT2D eigenvalue weighted by molar-refractivity contribution is -0.141.